The molecule has 6 heteroatoms. The molecule has 0 saturated heterocycles. The molecule has 5 rings (SSSR count). The molecule has 1 heterocycles. The van der Waals surface area contributed by atoms with Gasteiger partial charge in [-0.25, -0.2) is 9.36 Å². The van der Waals surface area contributed by atoms with E-state index in [1.165, 1.54) is 10.1 Å². The number of carbonyl (C=O) groups excluding carboxylic acids is 1. The number of aryl methyl sites for hydroxylation is 5. The highest BCUT2D eigenvalue weighted by atomic mass is 16.5. The number of ether oxygens (including phenoxy) is 1. The lowest BCUT2D eigenvalue weighted by atomic mass is 9.99. The number of nitrogens with zero attached hydrogens (tertiary/aromatic N) is 2. The lowest BCUT2D eigenvalue weighted by Crippen LogP contribution is -2.39. The Bertz CT molecular complexity index is 1860. The lowest BCUT2D eigenvalue weighted by Gasteiger charge is -2.18. The average Bonchev–Trinajstić information content (AvgIpc) is 2.96. The number of Topliss-reactive ketones (excluding diaryl/α,β-unsaturated/α-hetero) is 1. The first-order valence-corrected chi connectivity index (χ1v) is 13.8. The summed E-state index contributed by atoms with van der Waals surface area (Å²) < 4.78 is 8.07. The third kappa shape index (κ3) is 5.64. The molecule has 1 aromatic heterocycles. The van der Waals surface area contributed by atoms with E-state index in [-0.39, 0.29) is 12.3 Å². The van der Waals surface area contributed by atoms with Crippen LogP contribution in [0.15, 0.2) is 88.5 Å². The van der Waals surface area contributed by atoms with Gasteiger partial charge in [0.15, 0.2) is 5.78 Å². The van der Waals surface area contributed by atoms with Crippen LogP contribution in [0.5, 0.6) is 5.75 Å². The number of aromatic nitrogens is 2. The molecular weight excluding hydrogens is 512 g/mol. The smallest absolute Gasteiger partial charge is 0.336 e. The van der Waals surface area contributed by atoms with Crippen LogP contribution in [0.4, 0.5) is 0 Å². The molecule has 0 aliphatic heterocycles. The highest BCUT2D eigenvalue weighted by Gasteiger charge is 2.18. The highest BCUT2D eigenvalue weighted by Crippen LogP contribution is 2.21. The van der Waals surface area contributed by atoms with Gasteiger partial charge in [-0.15, -0.1) is 0 Å². The quantitative estimate of drug-likeness (QED) is 0.216. The van der Waals surface area contributed by atoms with E-state index in [4.69, 9.17) is 4.74 Å². The molecule has 208 valence electrons. The summed E-state index contributed by atoms with van der Waals surface area (Å²) in [6.45, 7) is 8.41. The summed E-state index contributed by atoms with van der Waals surface area (Å²) >= 11 is 0. The highest BCUT2D eigenvalue weighted by molar-refractivity contribution is 5.99. The van der Waals surface area contributed by atoms with Crippen LogP contribution in [0.2, 0.25) is 0 Å². The number of benzene rings is 4. The molecule has 0 atom stereocenters. The Morgan fingerprint density at radius 2 is 1.44 bits per heavy atom. The molecule has 0 unspecified atom stereocenters. The standard InChI is InChI=1S/C35H34N2O4/c1-22-6-8-26(9-7-22)10-17-33(38)27-11-16-30-32(20-27)36(21-31-24(3)18-23(2)19-25(31)4)35(40)37(34(30)39)28-12-14-29(41-5)15-13-28/h6-9,11-16,18-20H,10,17,21H2,1-5H3. The summed E-state index contributed by atoms with van der Waals surface area (Å²) in [5, 5.41) is 0.373. The van der Waals surface area contributed by atoms with Crippen molar-refractivity contribution < 1.29 is 9.53 Å². The summed E-state index contributed by atoms with van der Waals surface area (Å²) in [7, 11) is 1.57. The van der Waals surface area contributed by atoms with Crippen LogP contribution in [-0.4, -0.2) is 22.0 Å². The minimum absolute atomic E-state index is 0.0338. The number of methoxy groups -OCH3 is 1. The van der Waals surface area contributed by atoms with Gasteiger partial charge < -0.3 is 4.74 Å². The molecular formula is C35H34N2O4. The van der Waals surface area contributed by atoms with Gasteiger partial charge in [0.2, 0.25) is 0 Å². The number of ketones is 1. The van der Waals surface area contributed by atoms with Crippen molar-refractivity contribution in [3.63, 3.8) is 0 Å². The zero-order valence-corrected chi connectivity index (χ0v) is 24.2. The monoisotopic (exact) mass is 546 g/mol. The molecule has 41 heavy (non-hydrogen) atoms. The second-order valence-electron chi connectivity index (χ2n) is 10.7. The maximum Gasteiger partial charge on any atom is 0.336 e. The van der Waals surface area contributed by atoms with Crippen molar-refractivity contribution in [3.8, 4) is 11.4 Å². The first-order valence-electron chi connectivity index (χ1n) is 13.8. The fraction of sp³-hybridized carbons (Fsp3) is 0.229. The van der Waals surface area contributed by atoms with Gasteiger partial charge in [0.1, 0.15) is 5.75 Å². The predicted octanol–water partition coefficient (Wildman–Crippen LogP) is 6.26. The van der Waals surface area contributed by atoms with Crippen LogP contribution < -0.4 is 16.0 Å². The van der Waals surface area contributed by atoms with E-state index in [2.05, 4.69) is 12.1 Å². The van der Waals surface area contributed by atoms with Gasteiger partial charge in [-0.3, -0.25) is 14.2 Å². The topological polar surface area (TPSA) is 70.3 Å². The van der Waals surface area contributed by atoms with Crippen LogP contribution in [0.1, 0.15) is 50.2 Å². The fourth-order valence-corrected chi connectivity index (χ4v) is 5.43. The molecule has 0 N–H and O–H groups in total. The second kappa shape index (κ2) is 11.4. The summed E-state index contributed by atoms with van der Waals surface area (Å²) in [5.41, 5.74) is 7.04. The number of fused-ring (bicyclic) bond motifs is 1. The van der Waals surface area contributed by atoms with Gasteiger partial charge in [0, 0.05) is 12.0 Å². The van der Waals surface area contributed by atoms with Crippen molar-refractivity contribution in [1.82, 2.24) is 9.13 Å². The van der Waals surface area contributed by atoms with E-state index in [9.17, 15) is 14.4 Å². The lowest BCUT2D eigenvalue weighted by molar-refractivity contribution is 0.0983. The minimum Gasteiger partial charge on any atom is -0.497 e. The van der Waals surface area contributed by atoms with Crippen LogP contribution in [0, 0.1) is 27.7 Å². The molecule has 0 fully saturated rings. The zero-order chi connectivity index (χ0) is 29.3. The first kappa shape index (κ1) is 27.8. The van der Waals surface area contributed by atoms with Gasteiger partial charge in [-0.1, -0.05) is 53.6 Å². The van der Waals surface area contributed by atoms with Crippen molar-refractivity contribution >= 4 is 16.7 Å². The summed E-state index contributed by atoms with van der Waals surface area (Å²) in [5.74, 6) is 0.594. The molecule has 0 amide bonds. The largest absolute Gasteiger partial charge is 0.497 e. The van der Waals surface area contributed by atoms with Crippen molar-refractivity contribution in [1.29, 1.82) is 0 Å². The van der Waals surface area contributed by atoms with Gasteiger partial charge in [-0.05, 0) is 92.8 Å². The minimum atomic E-state index is -0.462. The van der Waals surface area contributed by atoms with Gasteiger partial charge in [-0.2, -0.15) is 0 Å². The third-order valence-corrected chi connectivity index (χ3v) is 7.71. The first-order chi connectivity index (χ1) is 19.7. The molecule has 0 saturated carbocycles. The van der Waals surface area contributed by atoms with Crippen LogP contribution in [0.25, 0.3) is 16.6 Å². The molecule has 0 aliphatic rings. The Balaban J connectivity index is 1.65. The number of rotatable bonds is 8. The molecule has 5 aromatic rings. The van der Waals surface area contributed by atoms with Gasteiger partial charge in [0.25, 0.3) is 5.56 Å². The van der Waals surface area contributed by atoms with Gasteiger partial charge >= 0.3 is 5.69 Å². The number of carbonyl (C=O) groups is 1. The summed E-state index contributed by atoms with van der Waals surface area (Å²) in [4.78, 5) is 41.1. The van der Waals surface area contributed by atoms with Crippen molar-refractivity contribution in [2.24, 2.45) is 0 Å². The molecule has 6 nitrogen and oxygen atoms in total. The summed E-state index contributed by atoms with van der Waals surface area (Å²) in [6, 6.07) is 24.2. The Morgan fingerprint density at radius 1 is 0.780 bits per heavy atom. The maximum absolute atomic E-state index is 14.1. The van der Waals surface area contributed by atoms with Crippen molar-refractivity contribution in [2.45, 2.75) is 47.1 Å². The molecule has 0 spiro atoms. The van der Waals surface area contributed by atoms with E-state index in [0.29, 0.717) is 40.7 Å². The van der Waals surface area contributed by atoms with Crippen LogP contribution in [-0.2, 0) is 13.0 Å². The predicted molar refractivity (Wildman–Crippen MR) is 164 cm³/mol. The molecule has 4 aromatic carbocycles. The summed E-state index contributed by atoms with van der Waals surface area (Å²) in [6.07, 6.45) is 0.947. The van der Waals surface area contributed by atoms with Crippen LogP contribution >= 0.6 is 0 Å². The fourth-order valence-electron chi connectivity index (χ4n) is 5.43. The third-order valence-electron chi connectivity index (χ3n) is 7.71. The van der Waals surface area contributed by atoms with E-state index in [1.807, 2.05) is 52.0 Å². The molecule has 0 radical (unpaired) electrons. The van der Waals surface area contributed by atoms with E-state index in [0.717, 1.165) is 27.8 Å². The molecule has 0 bridgehead atoms. The Kier molecular flexibility index (Phi) is 7.75. The Hall–Kier alpha value is -4.71. The van der Waals surface area contributed by atoms with E-state index < -0.39 is 11.2 Å². The number of hydrogen-bond donors (Lipinski definition) is 0. The van der Waals surface area contributed by atoms with Crippen molar-refractivity contribution in [3.05, 3.63) is 139 Å². The van der Waals surface area contributed by atoms with Gasteiger partial charge in [0.05, 0.1) is 30.2 Å². The molecule has 0 aliphatic carbocycles. The Labute approximate surface area is 239 Å². The van der Waals surface area contributed by atoms with Crippen molar-refractivity contribution in [2.75, 3.05) is 7.11 Å². The zero-order valence-electron chi connectivity index (χ0n) is 24.2. The van der Waals surface area contributed by atoms with E-state index >= 15 is 0 Å². The number of hydrogen-bond acceptors (Lipinski definition) is 4. The maximum atomic E-state index is 14.1. The van der Waals surface area contributed by atoms with Crippen LogP contribution in [0.3, 0.4) is 0 Å². The SMILES string of the molecule is COc1ccc(-n2c(=O)c3ccc(C(=O)CCc4ccc(C)cc4)cc3n(Cc3c(C)cc(C)cc3C)c2=O)cc1. The second-order valence-corrected chi connectivity index (χ2v) is 10.7. The van der Waals surface area contributed by atoms with E-state index in [1.54, 1.807) is 54.1 Å². The normalized spacial score (nSPS) is 11.1. The average molecular weight is 547 g/mol. The Morgan fingerprint density at radius 3 is 2.07 bits per heavy atom.